The fourth-order valence-corrected chi connectivity index (χ4v) is 12.4. The number of hydrogen-bond donors (Lipinski definition) is 16. The predicted molar refractivity (Wildman–Crippen MR) is 356 cm³/mol. The number of benzene rings is 1. The van der Waals surface area contributed by atoms with Gasteiger partial charge in [0.2, 0.25) is 53.2 Å². The van der Waals surface area contributed by atoms with Gasteiger partial charge in [0.15, 0.2) is 16.7 Å². The molecule has 1 aromatic carbocycles. The van der Waals surface area contributed by atoms with Crippen LogP contribution < -0.4 is 81.0 Å². The number of nitrogens with two attached hydrogens (primary N) is 3. The first-order chi connectivity index (χ1) is 44.4. The second-order valence-electron chi connectivity index (χ2n) is 23.9. The molecule has 9 atom stereocenters. The average molecular weight is 1380 g/mol. The number of unbranched alkanes of at least 4 members (excludes halogenated alkanes) is 1. The molecule has 2 aliphatic heterocycles. The molecule has 0 spiro atoms. The Morgan fingerprint density at radius 1 is 0.606 bits per heavy atom. The summed E-state index contributed by atoms with van der Waals surface area (Å²) in [6, 6.07) is -0.301. The zero-order valence-corrected chi connectivity index (χ0v) is 56.4. The van der Waals surface area contributed by atoms with E-state index >= 15 is 0 Å². The topological polar surface area (TPSA) is 519 Å². The number of rotatable bonds is 33. The van der Waals surface area contributed by atoms with Crippen molar-refractivity contribution in [2.75, 3.05) is 50.8 Å². The molecule has 9 unspecified atom stereocenters. The molecule has 2 bridgehead atoms. The van der Waals surface area contributed by atoms with Crippen LogP contribution in [0.5, 0.6) is 0 Å². The Morgan fingerprint density at radius 2 is 1.12 bits per heavy atom. The number of nitrogens with zero attached hydrogens (tertiary/aromatic N) is 3. The fraction of sp³-hybridized carbons (Fsp3) is 0.672. The van der Waals surface area contributed by atoms with Gasteiger partial charge in [-0.2, -0.15) is 9.81 Å². The molecular formula is C58H94N18O15S3. The summed E-state index contributed by atoms with van der Waals surface area (Å²) in [6.07, 6.45) is 1.44. The van der Waals surface area contributed by atoms with Crippen LogP contribution in [-0.4, -0.2) is 197 Å². The lowest BCUT2D eigenvalue weighted by Gasteiger charge is -2.31. The minimum Gasteiger partial charge on any atom is -0.481 e. The van der Waals surface area contributed by atoms with Gasteiger partial charge in [-0.05, 0) is 124 Å². The van der Waals surface area contributed by atoms with Crippen molar-refractivity contribution in [3.8, 4) is 0 Å². The summed E-state index contributed by atoms with van der Waals surface area (Å²) >= 11 is 0.863. The molecule has 0 saturated carbocycles. The van der Waals surface area contributed by atoms with Crippen LogP contribution >= 0.6 is 33.3 Å². The van der Waals surface area contributed by atoms with E-state index in [2.05, 4.69) is 79.1 Å². The lowest BCUT2D eigenvalue weighted by molar-refractivity contribution is -0.141. The standard InChI is InChI=1S/C58H94N18O15S3/c1-33(75-90)57(3,4)66-26-21-35(22-27-67-58(5,6)34(2)76-91)20-25-63-43(78)19-12-18-42(77)62-23-11-10-16-38-49(85)73-54-52(88)70-37(17-13-24-64-56(60)61)48(84)65-30-44(79)69-40(29-46(81)82)51(87)74-55(94-93-54)53(89)71-39(28-36-14-8-7-9-15-36)50(86)72-41(47(59)83)31-92-32-45(80)68-38/h7-9,14-15,33-35,37-41,54-55,66-67H,10-13,16-32H2,1-6H3,(H2,59,83)(H,62,77)(H,63,78)(H,65,84)(H,68,80)(H,69,79)(H,70,88)(H,71,89)(H,72,86)(H,73,85)(H,74,87)(H,81,82)(H4,60,61,64). The second-order valence-corrected chi connectivity index (χ2v) is 27.4. The Labute approximate surface area is 558 Å². The summed E-state index contributed by atoms with van der Waals surface area (Å²) in [5, 5.41) is 44.7. The van der Waals surface area contributed by atoms with Gasteiger partial charge in [0.1, 0.15) is 42.3 Å². The zero-order valence-electron chi connectivity index (χ0n) is 54.0. The lowest BCUT2D eigenvalue weighted by Crippen LogP contribution is -2.58. The van der Waals surface area contributed by atoms with Gasteiger partial charge >= 0.3 is 5.97 Å². The van der Waals surface area contributed by atoms with Gasteiger partial charge in [-0.15, -0.1) is 11.8 Å². The summed E-state index contributed by atoms with van der Waals surface area (Å²) in [7, 11) is 0.918. The Bertz CT molecular complexity index is 2750. The molecule has 2 fully saturated rings. The number of primary amides is 1. The summed E-state index contributed by atoms with van der Waals surface area (Å²) in [4.78, 5) is 189. The van der Waals surface area contributed by atoms with E-state index in [9.17, 15) is 72.5 Å². The van der Waals surface area contributed by atoms with Crippen molar-refractivity contribution in [3.63, 3.8) is 0 Å². The highest BCUT2D eigenvalue weighted by Crippen LogP contribution is 2.31. The zero-order chi connectivity index (χ0) is 70.0. The molecule has 2 aliphatic rings. The fourth-order valence-electron chi connectivity index (χ4n) is 9.22. The van der Waals surface area contributed by atoms with E-state index in [1.807, 2.05) is 27.7 Å². The lowest BCUT2D eigenvalue weighted by atomic mass is 9.92. The quantitative estimate of drug-likeness (QED) is 0.0122. The molecule has 19 N–H and O–H groups in total. The summed E-state index contributed by atoms with van der Waals surface area (Å²) in [6.45, 7) is 11.9. The minimum absolute atomic E-state index is 0.0104. The van der Waals surface area contributed by atoms with Crippen LogP contribution in [0.15, 0.2) is 45.7 Å². The Hall–Kier alpha value is -7.70. The smallest absolute Gasteiger partial charge is 0.305 e. The van der Waals surface area contributed by atoms with E-state index < -0.39 is 136 Å². The molecule has 94 heavy (non-hydrogen) atoms. The number of carboxylic acids is 1. The Balaban J connectivity index is 1.85. The van der Waals surface area contributed by atoms with Crippen molar-refractivity contribution in [3.05, 3.63) is 45.7 Å². The third-order valence-electron chi connectivity index (χ3n) is 15.6. The Kier molecular flexibility index (Phi) is 35.9. The van der Waals surface area contributed by atoms with E-state index in [0.29, 0.717) is 53.2 Å². The molecule has 11 amide bonds. The molecular weight excluding hydrogens is 1280 g/mol. The maximum atomic E-state index is 14.5. The highest BCUT2D eigenvalue weighted by molar-refractivity contribution is 8.77. The molecule has 0 aromatic heterocycles. The van der Waals surface area contributed by atoms with Crippen molar-refractivity contribution in [1.29, 1.82) is 0 Å². The van der Waals surface area contributed by atoms with Crippen LogP contribution in [0.1, 0.15) is 124 Å². The number of carboxylic acid groups (broad SMARTS) is 1. The summed E-state index contributed by atoms with van der Waals surface area (Å²) in [5.74, 6) is -11.9. The van der Waals surface area contributed by atoms with Crippen LogP contribution in [0.4, 0.5) is 0 Å². The van der Waals surface area contributed by atoms with Crippen LogP contribution in [0.25, 0.3) is 0 Å². The number of fused-ring (bicyclic) bond motifs is 3. The largest absolute Gasteiger partial charge is 0.481 e. The van der Waals surface area contributed by atoms with E-state index in [4.69, 9.17) is 17.2 Å². The third kappa shape index (κ3) is 31.0. The van der Waals surface area contributed by atoms with Crippen LogP contribution in [0, 0.1) is 15.7 Å². The van der Waals surface area contributed by atoms with Crippen LogP contribution in [0.2, 0.25) is 0 Å². The number of hydrogen-bond acceptors (Lipinski definition) is 22. The van der Waals surface area contributed by atoms with Gasteiger partial charge in [0, 0.05) is 55.7 Å². The molecule has 2 saturated heterocycles. The van der Waals surface area contributed by atoms with Crippen molar-refractivity contribution < 1.29 is 62.6 Å². The Morgan fingerprint density at radius 3 is 1.67 bits per heavy atom. The van der Waals surface area contributed by atoms with Crippen molar-refractivity contribution in [2.45, 2.75) is 189 Å². The van der Waals surface area contributed by atoms with E-state index in [-0.39, 0.29) is 106 Å². The maximum Gasteiger partial charge on any atom is 0.305 e. The van der Waals surface area contributed by atoms with Crippen LogP contribution in [-0.2, 0) is 64.0 Å². The molecule has 1 aromatic rings. The minimum atomic E-state index is -1.87. The van der Waals surface area contributed by atoms with Crippen molar-refractivity contribution in [1.82, 2.24) is 63.8 Å². The first-order valence-corrected chi connectivity index (χ1v) is 34.4. The SMILES string of the molecule is CC(N=O)C(C)(C)NCCC(CCNC(=O)CCCC(=O)NCCCCC1NC(=O)CSCC(C(N)=O)NC(=O)C(Cc2ccccc2)NC(=O)C2NC(=O)C(CC(=O)O)NC(=O)CNC(=O)C(CCCN=C(N)N)NC(=O)C(NC1=O)SS2)CCNC(C)(C)C(C)N=O. The normalized spacial score (nSPS) is 21.9. The second kappa shape index (κ2) is 41.9. The van der Waals surface area contributed by atoms with Crippen molar-refractivity contribution >= 4 is 110 Å². The molecule has 36 heteroatoms. The maximum absolute atomic E-state index is 14.5. The number of carbonyl (C=O) groups excluding carboxylic acids is 11. The van der Waals surface area contributed by atoms with Gasteiger partial charge in [0.25, 0.3) is 11.8 Å². The molecule has 524 valence electrons. The van der Waals surface area contributed by atoms with E-state index in [1.54, 1.807) is 44.2 Å². The number of carbonyl (C=O) groups is 12. The van der Waals surface area contributed by atoms with Crippen LogP contribution in [0.3, 0.4) is 0 Å². The predicted octanol–water partition coefficient (Wildman–Crippen LogP) is -1.79. The molecule has 3 rings (SSSR count). The van der Waals surface area contributed by atoms with Crippen molar-refractivity contribution in [2.24, 2.45) is 38.5 Å². The first-order valence-electron chi connectivity index (χ1n) is 31.0. The van der Waals surface area contributed by atoms with Gasteiger partial charge < -0.3 is 86.1 Å². The highest BCUT2D eigenvalue weighted by Gasteiger charge is 2.37. The van der Waals surface area contributed by atoms with E-state index in [1.165, 1.54) is 0 Å². The molecule has 0 aliphatic carbocycles. The van der Waals surface area contributed by atoms with Gasteiger partial charge in [-0.25, -0.2) is 0 Å². The van der Waals surface area contributed by atoms with Gasteiger partial charge in [-0.3, -0.25) is 62.5 Å². The first kappa shape index (κ1) is 80.5. The number of thioether (sulfide) groups is 1. The number of guanidine groups is 1. The highest BCUT2D eigenvalue weighted by atomic mass is 33.1. The van der Waals surface area contributed by atoms with Gasteiger partial charge in [-0.1, -0.05) is 62.3 Å². The summed E-state index contributed by atoms with van der Waals surface area (Å²) < 4.78 is 0. The number of aliphatic carboxylic acids is 1. The monoisotopic (exact) mass is 1380 g/mol. The number of nitroso groups, excluding NO2 is 2. The average Bonchev–Trinajstić information content (AvgIpc) is 1.21. The number of nitrogens with one attached hydrogen (secondary N) is 12. The molecule has 0 radical (unpaired) electrons. The molecule has 2 heterocycles. The summed E-state index contributed by atoms with van der Waals surface area (Å²) in [5.41, 5.74) is 16.1. The number of amides is 11. The van der Waals surface area contributed by atoms with Gasteiger partial charge in [0.05, 0.1) is 18.7 Å². The number of aliphatic imine (C=N–C) groups is 1. The van der Waals surface area contributed by atoms with E-state index in [0.717, 1.165) is 24.6 Å². The third-order valence-corrected chi connectivity index (χ3v) is 19.3. The molecule has 33 nitrogen and oxygen atoms in total.